The van der Waals surface area contributed by atoms with Crippen LogP contribution in [0.25, 0.3) is 0 Å². The molecular weight excluding hydrogens is 355 g/mol. The van der Waals surface area contributed by atoms with Gasteiger partial charge in [0.25, 0.3) is 5.91 Å². The van der Waals surface area contributed by atoms with Gasteiger partial charge in [-0.05, 0) is 34.5 Å². The van der Waals surface area contributed by atoms with Crippen LogP contribution in [0, 0.1) is 5.82 Å². The third kappa shape index (κ3) is 3.35. The number of benzene rings is 1. The second-order valence-electron chi connectivity index (χ2n) is 4.34. The predicted molar refractivity (Wildman–Crippen MR) is 72.2 cm³/mol. The predicted octanol–water partition coefficient (Wildman–Crippen LogP) is 0.754. The van der Waals surface area contributed by atoms with Crippen molar-refractivity contribution in [3.05, 3.63) is 28.0 Å². The fourth-order valence-corrected chi connectivity index (χ4v) is 3.44. The smallest absolute Gasteiger partial charge is 0.254 e. The Kier molecular flexibility index (Phi) is 4.43. The van der Waals surface area contributed by atoms with E-state index in [9.17, 15) is 17.6 Å². The fourth-order valence-electron chi connectivity index (χ4n) is 1.83. The Morgan fingerprint density at radius 3 is 2.75 bits per heavy atom. The first-order valence-electron chi connectivity index (χ1n) is 5.69. The summed E-state index contributed by atoms with van der Waals surface area (Å²) >= 11 is 2.90. The number of carbonyl (C=O) groups excluding carboxylic acids is 1. The molecule has 1 saturated heterocycles. The van der Waals surface area contributed by atoms with Crippen LogP contribution >= 0.6 is 15.9 Å². The third-order valence-electron chi connectivity index (χ3n) is 2.84. The maximum Gasteiger partial charge on any atom is 0.254 e. The summed E-state index contributed by atoms with van der Waals surface area (Å²) in [5, 5.41) is 7.59. The molecule has 0 aliphatic carbocycles. The van der Waals surface area contributed by atoms with Crippen LogP contribution in [-0.4, -0.2) is 33.6 Å². The fraction of sp³-hybridized carbons (Fsp3) is 0.364. The van der Waals surface area contributed by atoms with E-state index in [2.05, 4.69) is 21.2 Å². The lowest BCUT2D eigenvalue weighted by Gasteiger charge is -2.12. The summed E-state index contributed by atoms with van der Waals surface area (Å²) in [5.41, 5.74) is -0.371. The van der Waals surface area contributed by atoms with Gasteiger partial charge >= 0.3 is 0 Å². The number of halogens is 2. The molecule has 0 bridgehead atoms. The average molecular weight is 367 g/mol. The monoisotopic (exact) mass is 366 g/mol. The molecule has 1 aromatic carbocycles. The molecule has 6 nitrogen and oxygen atoms in total. The van der Waals surface area contributed by atoms with E-state index in [1.54, 1.807) is 0 Å². The number of hydrogen-bond acceptors (Lipinski definition) is 4. The molecule has 1 amide bonds. The molecule has 0 saturated carbocycles. The Labute approximate surface area is 123 Å². The van der Waals surface area contributed by atoms with Crippen molar-refractivity contribution >= 4 is 31.9 Å². The minimum atomic E-state index is -4.05. The molecule has 9 heteroatoms. The normalized spacial score (nSPS) is 19.1. The van der Waals surface area contributed by atoms with E-state index in [-0.39, 0.29) is 21.0 Å². The minimum absolute atomic E-state index is 0.0294. The van der Waals surface area contributed by atoms with E-state index in [0.29, 0.717) is 19.6 Å². The van der Waals surface area contributed by atoms with Crippen molar-refractivity contribution < 1.29 is 22.3 Å². The first kappa shape index (κ1) is 15.4. The van der Waals surface area contributed by atoms with Gasteiger partial charge in [-0.3, -0.25) is 4.79 Å². The summed E-state index contributed by atoms with van der Waals surface area (Å²) in [4.78, 5) is 11.6. The number of ether oxygens (including phenoxy) is 1. The minimum Gasteiger partial charge on any atom is -0.379 e. The second-order valence-corrected chi connectivity index (χ2v) is 6.73. The van der Waals surface area contributed by atoms with Crippen molar-refractivity contribution in [1.29, 1.82) is 0 Å². The molecule has 0 spiro atoms. The Balaban J connectivity index is 2.33. The summed E-state index contributed by atoms with van der Waals surface area (Å²) in [6.07, 6.45) is 0.631. The van der Waals surface area contributed by atoms with Crippen LogP contribution in [0.1, 0.15) is 16.8 Å². The van der Waals surface area contributed by atoms with E-state index in [4.69, 9.17) is 9.88 Å². The molecule has 1 aliphatic rings. The SMILES string of the molecule is NS(=O)(=O)c1cc(C(=O)NC2CCOC2)c(F)cc1Br. The Morgan fingerprint density at radius 2 is 2.20 bits per heavy atom. The topological polar surface area (TPSA) is 98.5 Å². The van der Waals surface area contributed by atoms with Gasteiger partial charge in [0.15, 0.2) is 0 Å². The molecule has 3 N–H and O–H groups in total. The number of primary sulfonamides is 1. The number of rotatable bonds is 3. The largest absolute Gasteiger partial charge is 0.379 e. The van der Waals surface area contributed by atoms with Crippen molar-refractivity contribution in [3.63, 3.8) is 0 Å². The molecule has 110 valence electrons. The molecule has 1 aromatic rings. The van der Waals surface area contributed by atoms with Gasteiger partial charge in [0, 0.05) is 11.1 Å². The van der Waals surface area contributed by atoms with Crippen LogP contribution in [0.15, 0.2) is 21.5 Å². The number of amides is 1. The summed E-state index contributed by atoms with van der Waals surface area (Å²) < 4.78 is 41.6. The van der Waals surface area contributed by atoms with E-state index in [1.807, 2.05) is 0 Å². The van der Waals surface area contributed by atoms with E-state index in [0.717, 1.165) is 12.1 Å². The van der Waals surface area contributed by atoms with Crippen molar-refractivity contribution in [1.82, 2.24) is 5.32 Å². The van der Waals surface area contributed by atoms with Crippen LogP contribution in [0.3, 0.4) is 0 Å². The standard InChI is InChI=1S/C11H12BrFN2O4S/c12-8-4-9(13)7(3-10(8)20(14,17)18)11(16)15-6-1-2-19-5-6/h3-4,6H,1-2,5H2,(H,15,16)(H2,14,17,18). The second kappa shape index (κ2) is 5.76. The lowest BCUT2D eigenvalue weighted by molar-refractivity contribution is 0.0925. The van der Waals surface area contributed by atoms with Gasteiger partial charge in [0.2, 0.25) is 10.0 Å². The van der Waals surface area contributed by atoms with Crippen molar-refractivity contribution in [2.45, 2.75) is 17.4 Å². The van der Waals surface area contributed by atoms with Crippen LogP contribution in [-0.2, 0) is 14.8 Å². The molecule has 2 rings (SSSR count). The lowest BCUT2D eigenvalue weighted by Crippen LogP contribution is -2.35. The molecule has 0 radical (unpaired) electrons. The quantitative estimate of drug-likeness (QED) is 0.824. The average Bonchev–Trinajstić information content (AvgIpc) is 2.79. The number of sulfonamides is 1. The summed E-state index contributed by atoms with van der Waals surface area (Å²) in [5.74, 6) is -1.53. The zero-order chi connectivity index (χ0) is 14.9. The maximum atomic E-state index is 13.8. The highest BCUT2D eigenvalue weighted by Gasteiger charge is 2.23. The molecule has 20 heavy (non-hydrogen) atoms. The first-order valence-corrected chi connectivity index (χ1v) is 8.03. The molecule has 1 fully saturated rings. The van der Waals surface area contributed by atoms with Gasteiger partial charge in [-0.1, -0.05) is 0 Å². The van der Waals surface area contributed by atoms with E-state index < -0.39 is 21.7 Å². The van der Waals surface area contributed by atoms with Gasteiger partial charge in [0.05, 0.1) is 23.1 Å². The first-order chi connectivity index (χ1) is 9.29. The summed E-state index contributed by atoms with van der Waals surface area (Å²) in [7, 11) is -4.05. The van der Waals surface area contributed by atoms with E-state index >= 15 is 0 Å². The lowest BCUT2D eigenvalue weighted by atomic mass is 10.1. The highest BCUT2D eigenvalue weighted by Crippen LogP contribution is 2.24. The van der Waals surface area contributed by atoms with Crippen LogP contribution < -0.4 is 10.5 Å². The van der Waals surface area contributed by atoms with Crippen LogP contribution in [0.5, 0.6) is 0 Å². The Hall–Kier alpha value is -1.03. The highest BCUT2D eigenvalue weighted by molar-refractivity contribution is 9.10. The number of nitrogens with one attached hydrogen (secondary N) is 1. The molecular formula is C11H12BrFN2O4S. The molecule has 0 aromatic heterocycles. The number of hydrogen-bond donors (Lipinski definition) is 2. The number of nitrogens with two attached hydrogens (primary N) is 1. The van der Waals surface area contributed by atoms with Crippen molar-refractivity contribution in [2.75, 3.05) is 13.2 Å². The zero-order valence-electron chi connectivity index (χ0n) is 10.2. The van der Waals surface area contributed by atoms with Crippen molar-refractivity contribution in [3.8, 4) is 0 Å². The molecule has 1 aliphatic heterocycles. The molecule has 1 atom stereocenters. The molecule has 1 unspecified atom stereocenters. The van der Waals surface area contributed by atoms with Crippen LogP contribution in [0.2, 0.25) is 0 Å². The molecule has 1 heterocycles. The Morgan fingerprint density at radius 1 is 1.50 bits per heavy atom. The van der Waals surface area contributed by atoms with Crippen molar-refractivity contribution in [2.24, 2.45) is 5.14 Å². The maximum absolute atomic E-state index is 13.8. The highest BCUT2D eigenvalue weighted by atomic mass is 79.9. The third-order valence-corrected chi connectivity index (χ3v) is 4.71. The zero-order valence-corrected chi connectivity index (χ0v) is 12.6. The van der Waals surface area contributed by atoms with Gasteiger partial charge in [-0.2, -0.15) is 0 Å². The van der Waals surface area contributed by atoms with Gasteiger partial charge < -0.3 is 10.1 Å². The number of carbonyl (C=O) groups is 1. The van der Waals surface area contributed by atoms with Gasteiger partial charge in [-0.25, -0.2) is 17.9 Å². The Bertz CT molecular complexity index is 644. The summed E-state index contributed by atoms with van der Waals surface area (Å²) in [6.45, 7) is 0.877. The summed E-state index contributed by atoms with van der Waals surface area (Å²) in [6, 6.07) is 1.61. The van der Waals surface area contributed by atoms with E-state index in [1.165, 1.54) is 0 Å². The van der Waals surface area contributed by atoms with Crippen LogP contribution in [0.4, 0.5) is 4.39 Å². The van der Waals surface area contributed by atoms with Gasteiger partial charge in [0.1, 0.15) is 5.82 Å². The van der Waals surface area contributed by atoms with Gasteiger partial charge in [-0.15, -0.1) is 0 Å².